The smallest absolute Gasteiger partial charge is 0.255 e. The van der Waals surface area contributed by atoms with Gasteiger partial charge in [-0.1, -0.05) is 17.3 Å². The molecule has 0 unspecified atom stereocenters. The molecule has 0 saturated heterocycles. The Morgan fingerprint density at radius 1 is 1.20 bits per heavy atom. The standard InChI is InChI=1S/C19H17FN2O3/c1-12-18(13(2)25-22-12)11-24-17-8-3-5-14(9-17)19(23)21-16-7-4-6-15(20)10-16/h3-10H,11H2,1-2H3,(H,21,23). The first-order valence-corrected chi connectivity index (χ1v) is 7.74. The number of anilines is 1. The average Bonchev–Trinajstić information content (AvgIpc) is 2.91. The van der Waals surface area contributed by atoms with Crippen LogP contribution in [0.25, 0.3) is 0 Å². The number of rotatable bonds is 5. The van der Waals surface area contributed by atoms with Crippen LogP contribution >= 0.6 is 0 Å². The van der Waals surface area contributed by atoms with E-state index >= 15 is 0 Å². The van der Waals surface area contributed by atoms with E-state index in [1.165, 1.54) is 18.2 Å². The van der Waals surface area contributed by atoms with E-state index in [4.69, 9.17) is 9.26 Å². The van der Waals surface area contributed by atoms with E-state index in [0.29, 0.717) is 29.4 Å². The van der Waals surface area contributed by atoms with Crippen LogP contribution in [0.5, 0.6) is 5.75 Å². The van der Waals surface area contributed by atoms with Gasteiger partial charge in [0.05, 0.1) is 11.3 Å². The van der Waals surface area contributed by atoms with Crippen molar-refractivity contribution in [2.45, 2.75) is 20.5 Å². The third kappa shape index (κ3) is 4.03. The molecule has 0 aliphatic rings. The molecule has 128 valence electrons. The second-order valence-corrected chi connectivity index (χ2v) is 5.58. The second-order valence-electron chi connectivity index (χ2n) is 5.58. The van der Waals surface area contributed by atoms with Crippen LogP contribution in [0, 0.1) is 19.7 Å². The first kappa shape index (κ1) is 16.7. The molecular formula is C19H17FN2O3. The topological polar surface area (TPSA) is 64.4 Å². The number of carbonyl (C=O) groups is 1. The van der Waals surface area contributed by atoms with Gasteiger partial charge in [0.2, 0.25) is 0 Å². The number of aryl methyl sites for hydroxylation is 2. The minimum absolute atomic E-state index is 0.302. The van der Waals surface area contributed by atoms with Crippen molar-refractivity contribution >= 4 is 11.6 Å². The Morgan fingerprint density at radius 2 is 2.00 bits per heavy atom. The lowest BCUT2D eigenvalue weighted by molar-refractivity contribution is 0.102. The molecule has 1 heterocycles. The molecule has 2 aromatic carbocycles. The van der Waals surface area contributed by atoms with Crippen molar-refractivity contribution < 1.29 is 18.4 Å². The fourth-order valence-electron chi connectivity index (χ4n) is 2.36. The van der Waals surface area contributed by atoms with Gasteiger partial charge >= 0.3 is 0 Å². The highest BCUT2D eigenvalue weighted by Crippen LogP contribution is 2.19. The zero-order valence-electron chi connectivity index (χ0n) is 13.9. The van der Waals surface area contributed by atoms with E-state index < -0.39 is 5.82 Å². The Balaban J connectivity index is 1.69. The number of nitrogens with one attached hydrogen (secondary N) is 1. The molecule has 0 spiro atoms. The van der Waals surface area contributed by atoms with Crippen molar-refractivity contribution in [2.75, 3.05) is 5.32 Å². The minimum Gasteiger partial charge on any atom is -0.489 e. The maximum Gasteiger partial charge on any atom is 0.255 e. The first-order chi connectivity index (χ1) is 12.0. The van der Waals surface area contributed by atoms with Gasteiger partial charge in [-0.15, -0.1) is 0 Å². The summed E-state index contributed by atoms with van der Waals surface area (Å²) in [5.74, 6) is 0.507. The van der Waals surface area contributed by atoms with Crippen LogP contribution in [0.4, 0.5) is 10.1 Å². The summed E-state index contributed by atoms with van der Waals surface area (Å²) in [6.07, 6.45) is 0. The summed E-state index contributed by atoms with van der Waals surface area (Å²) in [4.78, 5) is 12.3. The van der Waals surface area contributed by atoms with Gasteiger partial charge in [0.25, 0.3) is 5.91 Å². The molecule has 0 aliphatic heterocycles. The molecule has 1 amide bonds. The molecule has 1 aromatic heterocycles. The Labute approximate surface area is 144 Å². The van der Waals surface area contributed by atoms with Gasteiger partial charge in [-0.05, 0) is 50.2 Å². The first-order valence-electron chi connectivity index (χ1n) is 7.74. The molecule has 5 nitrogen and oxygen atoms in total. The van der Waals surface area contributed by atoms with E-state index in [-0.39, 0.29) is 5.91 Å². The molecule has 25 heavy (non-hydrogen) atoms. The van der Waals surface area contributed by atoms with Crippen LogP contribution < -0.4 is 10.1 Å². The van der Waals surface area contributed by atoms with Crippen LogP contribution in [-0.4, -0.2) is 11.1 Å². The number of aromatic nitrogens is 1. The monoisotopic (exact) mass is 340 g/mol. The second kappa shape index (κ2) is 7.17. The number of carbonyl (C=O) groups excluding carboxylic acids is 1. The summed E-state index contributed by atoms with van der Waals surface area (Å²) in [5.41, 5.74) is 2.47. The number of benzene rings is 2. The molecular weight excluding hydrogens is 323 g/mol. The quantitative estimate of drug-likeness (QED) is 0.754. The fraction of sp³-hybridized carbons (Fsp3) is 0.158. The van der Waals surface area contributed by atoms with Crippen molar-refractivity contribution in [1.82, 2.24) is 5.16 Å². The summed E-state index contributed by atoms with van der Waals surface area (Å²) >= 11 is 0. The fourth-order valence-corrected chi connectivity index (χ4v) is 2.36. The Hall–Kier alpha value is -3.15. The third-order valence-electron chi connectivity index (χ3n) is 3.74. The summed E-state index contributed by atoms with van der Waals surface area (Å²) in [6.45, 7) is 3.97. The largest absolute Gasteiger partial charge is 0.489 e. The van der Waals surface area contributed by atoms with Crippen molar-refractivity contribution in [3.8, 4) is 5.75 Å². The van der Waals surface area contributed by atoms with Crippen molar-refractivity contribution in [2.24, 2.45) is 0 Å². The highest BCUT2D eigenvalue weighted by Gasteiger charge is 2.11. The summed E-state index contributed by atoms with van der Waals surface area (Å²) in [6, 6.07) is 12.5. The molecule has 3 aromatic rings. The SMILES string of the molecule is Cc1noc(C)c1COc1cccc(C(=O)Nc2cccc(F)c2)c1. The average molecular weight is 340 g/mol. The van der Waals surface area contributed by atoms with Gasteiger partial charge in [0.1, 0.15) is 23.9 Å². The number of hydrogen-bond acceptors (Lipinski definition) is 4. The van der Waals surface area contributed by atoms with Gasteiger partial charge in [-0.3, -0.25) is 4.79 Å². The molecule has 0 radical (unpaired) electrons. The number of halogens is 1. The van der Waals surface area contributed by atoms with E-state index in [9.17, 15) is 9.18 Å². The maximum atomic E-state index is 13.2. The summed E-state index contributed by atoms with van der Waals surface area (Å²) in [7, 11) is 0. The van der Waals surface area contributed by atoms with E-state index in [0.717, 1.165) is 11.3 Å². The van der Waals surface area contributed by atoms with Crippen molar-refractivity contribution in [3.63, 3.8) is 0 Å². The third-order valence-corrected chi connectivity index (χ3v) is 3.74. The van der Waals surface area contributed by atoms with Gasteiger partial charge in [0.15, 0.2) is 0 Å². The van der Waals surface area contributed by atoms with Crippen LogP contribution in [-0.2, 0) is 6.61 Å². The molecule has 6 heteroatoms. The van der Waals surface area contributed by atoms with Crippen LogP contribution in [0.15, 0.2) is 53.1 Å². The molecule has 0 saturated carbocycles. The van der Waals surface area contributed by atoms with E-state index in [1.54, 1.807) is 30.3 Å². The highest BCUT2D eigenvalue weighted by atomic mass is 19.1. The zero-order valence-corrected chi connectivity index (χ0v) is 13.9. The Morgan fingerprint density at radius 3 is 2.72 bits per heavy atom. The number of nitrogens with zero attached hydrogens (tertiary/aromatic N) is 1. The van der Waals surface area contributed by atoms with Gasteiger partial charge in [0, 0.05) is 11.3 Å². The molecule has 0 aliphatic carbocycles. The maximum absolute atomic E-state index is 13.2. The lowest BCUT2D eigenvalue weighted by Crippen LogP contribution is -2.12. The lowest BCUT2D eigenvalue weighted by atomic mass is 10.2. The molecule has 3 rings (SSSR count). The molecule has 0 fully saturated rings. The number of ether oxygens (including phenoxy) is 1. The van der Waals surface area contributed by atoms with Gasteiger partial charge in [-0.25, -0.2) is 4.39 Å². The van der Waals surface area contributed by atoms with Crippen molar-refractivity contribution in [1.29, 1.82) is 0 Å². The lowest BCUT2D eigenvalue weighted by Gasteiger charge is -2.09. The van der Waals surface area contributed by atoms with E-state index in [1.807, 2.05) is 13.8 Å². The molecule has 0 atom stereocenters. The van der Waals surface area contributed by atoms with Crippen molar-refractivity contribution in [3.05, 3.63) is 76.9 Å². The van der Waals surface area contributed by atoms with Crippen LogP contribution in [0.3, 0.4) is 0 Å². The van der Waals surface area contributed by atoms with Crippen LogP contribution in [0.2, 0.25) is 0 Å². The van der Waals surface area contributed by atoms with Gasteiger partial charge in [-0.2, -0.15) is 0 Å². The minimum atomic E-state index is -0.408. The Kier molecular flexibility index (Phi) is 4.79. The predicted molar refractivity (Wildman–Crippen MR) is 91.1 cm³/mol. The molecule has 0 bridgehead atoms. The molecule has 1 N–H and O–H groups in total. The Bertz CT molecular complexity index is 886. The zero-order chi connectivity index (χ0) is 17.8. The normalized spacial score (nSPS) is 10.5. The summed E-state index contributed by atoms with van der Waals surface area (Å²) in [5, 5.41) is 6.53. The van der Waals surface area contributed by atoms with E-state index in [2.05, 4.69) is 10.5 Å². The van der Waals surface area contributed by atoms with Crippen LogP contribution in [0.1, 0.15) is 27.4 Å². The van der Waals surface area contributed by atoms with Gasteiger partial charge < -0.3 is 14.6 Å². The predicted octanol–water partition coefficient (Wildman–Crippen LogP) is 4.26. The summed E-state index contributed by atoms with van der Waals surface area (Å²) < 4.78 is 24.0. The number of hydrogen-bond donors (Lipinski definition) is 1. The highest BCUT2D eigenvalue weighted by molar-refractivity contribution is 6.04. The number of amides is 1.